The highest BCUT2D eigenvalue weighted by molar-refractivity contribution is 6.19. The summed E-state index contributed by atoms with van der Waals surface area (Å²) in [6, 6.07) is 2.92. The first-order chi connectivity index (χ1) is 8.86. The van der Waals surface area contributed by atoms with Gasteiger partial charge >= 0.3 is 12.3 Å². The highest BCUT2D eigenvalue weighted by Crippen LogP contribution is 2.26. The normalized spacial score (nSPS) is 11.1. The first-order valence-electron chi connectivity index (χ1n) is 5.00. The van der Waals surface area contributed by atoms with E-state index in [1.54, 1.807) is 0 Å². The molecule has 19 heavy (non-hydrogen) atoms. The summed E-state index contributed by atoms with van der Waals surface area (Å²) in [4.78, 5) is 0. The van der Waals surface area contributed by atoms with Gasteiger partial charge in [-0.05, 0) is 18.2 Å². The summed E-state index contributed by atoms with van der Waals surface area (Å²) >= 11 is 5.31. The second-order valence-corrected chi connectivity index (χ2v) is 3.69. The monoisotopic (exact) mass is 298 g/mol. The SMILES string of the molecule is Fc1ccc(OCC(F)(F)C(F)F)c(C#CCCl)c1. The maximum Gasteiger partial charge on any atom is 0.340 e. The Morgan fingerprint density at radius 2 is 2.00 bits per heavy atom. The Labute approximate surface area is 111 Å². The zero-order chi connectivity index (χ0) is 14.5. The number of halogens is 6. The molecule has 0 atom stereocenters. The Morgan fingerprint density at radius 1 is 1.32 bits per heavy atom. The fourth-order valence-corrected chi connectivity index (χ4v) is 1.16. The van der Waals surface area contributed by atoms with Crippen molar-refractivity contribution >= 4 is 11.6 Å². The molecule has 0 heterocycles. The van der Waals surface area contributed by atoms with Crippen molar-refractivity contribution in [2.75, 3.05) is 12.5 Å². The molecule has 0 fully saturated rings. The van der Waals surface area contributed by atoms with Gasteiger partial charge in [-0.3, -0.25) is 0 Å². The van der Waals surface area contributed by atoms with E-state index < -0.39 is 24.8 Å². The molecule has 0 spiro atoms. The van der Waals surface area contributed by atoms with Crippen LogP contribution < -0.4 is 4.74 Å². The van der Waals surface area contributed by atoms with Crippen LogP contribution in [0.4, 0.5) is 22.0 Å². The molecular weight excluding hydrogens is 291 g/mol. The Hall–Kier alpha value is -1.48. The van der Waals surface area contributed by atoms with E-state index in [0.717, 1.165) is 18.2 Å². The second kappa shape index (κ2) is 6.62. The molecule has 0 aliphatic heterocycles. The van der Waals surface area contributed by atoms with Gasteiger partial charge in [0.05, 0.1) is 11.4 Å². The van der Waals surface area contributed by atoms with Gasteiger partial charge in [-0.1, -0.05) is 11.8 Å². The van der Waals surface area contributed by atoms with Crippen LogP contribution in [0.1, 0.15) is 5.56 Å². The van der Waals surface area contributed by atoms with Gasteiger partial charge in [-0.2, -0.15) is 8.78 Å². The molecule has 1 aromatic rings. The fourth-order valence-electron chi connectivity index (χ4n) is 1.09. The maximum atomic E-state index is 13.0. The van der Waals surface area contributed by atoms with E-state index in [0.29, 0.717) is 0 Å². The standard InChI is InChI=1S/C12H8ClF5O/c13-5-1-2-8-6-9(14)3-4-10(8)19-7-12(17,18)11(15)16/h3-4,6,11H,5,7H2. The molecule has 1 nitrogen and oxygen atoms in total. The van der Waals surface area contributed by atoms with Gasteiger partial charge in [0.15, 0.2) is 6.61 Å². The van der Waals surface area contributed by atoms with Crippen LogP contribution in [-0.2, 0) is 0 Å². The van der Waals surface area contributed by atoms with Gasteiger partial charge in [0, 0.05) is 0 Å². The van der Waals surface area contributed by atoms with Crippen LogP contribution >= 0.6 is 11.6 Å². The lowest BCUT2D eigenvalue weighted by molar-refractivity contribution is -0.148. The molecule has 0 N–H and O–H groups in total. The first-order valence-corrected chi connectivity index (χ1v) is 5.53. The van der Waals surface area contributed by atoms with Gasteiger partial charge in [-0.25, -0.2) is 13.2 Å². The molecule has 0 unspecified atom stereocenters. The molecule has 1 aromatic carbocycles. The van der Waals surface area contributed by atoms with Gasteiger partial charge in [0.2, 0.25) is 0 Å². The molecule has 0 bridgehead atoms. The highest BCUT2D eigenvalue weighted by Gasteiger charge is 2.41. The van der Waals surface area contributed by atoms with Crippen molar-refractivity contribution < 1.29 is 26.7 Å². The van der Waals surface area contributed by atoms with Gasteiger partial charge in [0.1, 0.15) is 11.6 Å². The predicted octanol–water partition coefficient (Wildman–Crippen LogP) is 3.70. The molecule has 104 valence electrons. The molecule has 0 aromatic heterocycles. The number of hydrogen-bond acceptors (Lipinski definition) is 1. The summed E-state index contributed by atoms with van der Waals surface area (Å²) in [5.41, 5.74) is -0.0364. The Balaban J connectivity index is 2.89. The molecule has 0 radical (unpaired) electrons. The summed E-state index contributed by atoms with van der Waals surface area (Å²) in [6.07, 6.45) is -3.84. The van der Waals surface area contributed by atoms with Crippen LogP contribution in [-0.4, -0.2) is 24.8 Å². The Kier molecular flexibility index (Phi) is 5.43. The van der Waals surface area contributed by atoms with Crippen LogP contribution in [0.5, 0.6) is 5.75 Å². The van der Waals surface area contributed by atoms with Crippen molar-refractivity contribution in [1.29, 1.82) is 0 Å². The molecule has 0 amide bonds. The first kappa shape index (κ1) is 15.6. The fraction of sp³-hybridized carbons (Fsp3) is 0.333. The number of rotatable bonds is 4. The van der Waals surface area contributed by atoms with E-state index in [1.807, 2.05) is 0 Å². The van der Waals surface area contributed by atoms with Crippen LogP contribution in [0.15, 0.2) is 18.2 Å². The minimum absolute atomic E-state index is 0.0364. The molecule has 0 aliphatic rings. The van der Waals surface area contributed by atoms with Crippen molar-refractivity contribution in [3.05, 3.63) is 29.6 Å². The molecule has 0 aliphatic carbocycles. The summed E-state index contributed by atoms with van der Waals surface area (Å²) < 4.78 is 66.8. The summed E-state index contributed by atoms with van der Waals surface area (Å²) in [6.45, 7) is -1.52. The molecule has 0 saturated heterocycles. The molecule has 1 rings (SSSR count). The minimum Gasteiger partial charge on any atom is -0.486 e. The van der Waals surface area contributed by atoms with Gasteiger partial charge in [-0.15, -0.1) is 11.6 Å². The van der Waals surface area contributed by atoms with Crippen LogP contribution in [0, 0.1) is 17.7 Å². The number of alkyl halides is 5. The quantitative estimate of drug-likeness (QED) is 0.468. The van der Waals surface area contributed by atoms with E-state index in [2.05, 4.69) is 16.6 Å². The molecule has 0 saturated carbocycles. The Bertz CT molecular complexity index is 493. The third kappa shape index (κ3) is 4.60. The number of hydrogen-bond donors (Lipinski definition) is 0. The Morgan fingerprint density at radius 3 is 2.58 bits per heavy atom. The summed E-state index contributed by atoms with van der Waals surface area (Å²) in [7, 11) is 0. The zero-order valence-electron chi connectivity index (χ0n) is 9.40. The van der Waals surface area contributed by atoms with Crippen LogP contribution in [0.25, 0.3) is 0 Å². The summed E-state index contributed by atoms with van der Waals surface area (Å²) in [5, 5.41) is 0. The topological polar surface area (TPSA) is 9.23 Å². The summed E-state index contributed by atoms with van der Waals surface area (Å²) in [5.74, 6) is -0.433. The van der Waals surface area contributed by atoms with E-state index in [4.69, 9.17) is 11.6 Å². The largest absolute Gasteiger partial charge is 0.486 e. The van der Waals surface area contributed by atoms with Crippen molar-refractivity contribution in [1.82, 2.24) is 0 Å². The average Bonchev–Trinajstić information content (AvgIpc) is 2.35. The zero-order valence-corrected chi connectivity index (χ0v) is 10.2. The number of benzene rings is 1. The van der Waals surface area contributed by atoms with E-state index in [-0.39, 0.29) is 17.2 Å². The number of ether oxygens (including phenoxy) is 1. The van der Waals surface area contributed by atoms with Crippen molar-refractivity contribution in [2.24, 2.45) is 0 Å². The smallest absolute Gasteiger partial charge is 0.340 e. The van der Waals surface area contributed by atoms with Crippen molar-refractivity contribution in [3.63, 3.8) is 0 Å². The second-order valence-electron chi connectivity index (χ2n) is 3.43. The third-order valence-electron chi connectivity index (χ3n) is 1.97. The van der Waals surface area contributed by atoms with E-state index >= 15 is 0 Å². The average molecular weight is 299 g/mol. The molecular formula is C12H8ClF5O. The predicted molar refractivity (Wildman–Crippen MR) is 60.4 cm³/mol. The molecule has 7 heteroatoms. The van der Waals surface area contributed by atoms with Gasteiger partial charge in [0.25, 0.3) is 0 Å². The van der Waals surface area contributed by atoms with Crippen LogP contribution in [0.3, 0.4) is 0 Å². The van der Waals surface area contributed by atoms with E-state index in [9.17, 15) is 22.0 Å². The third-order valence-corrected chi connectivity index (χ3v) is 2.10. The highest BCUT2D eigenvalue weighted by atomic mass is 35.5. The lowest BCUT2D eigenvalue weighted by Gasteiger charge is -2.16. The lowest BCUT2D eigenvalue weighted by Crippen LogP contribution is -2.33. The van der Waals surface area contributed by atoms with Crippen LogP contribution in [0.2, 0.25) is 0 Å². The van der Waals surface area contributed by atoms with Gasteiger partial charge < -0.3 is 4.74 Å². The maximum absolute atomic E-state index is 13.0. The minimum atomic E-state index is -4.29. The van der Waals surface area contributed by atoms with Crippen molar-refractivity contribution in [3.8, 4) is 17.6 Å². The van der Waals surface area contributed by atoms with Crippen molar-refractivity contribution in [2.45, 2.75) is 12.3 Å². The van der Waals surface area contributed by atoms with E-state index in [1.165, 1.54) is 0 Å². The lowest BCUT2D eigenvalue weighted by atomic mass is 10.2.